The molecule has 2 fully saturated rings. The van der Waals surface area contributed by atoms with Crippen LogP contribution in [-0.2, 0) is 14.3 Å². The average molecular weight is 404 g/mol. The third kappa shape index (κ3) is 5.70. The molecule has 3 rings (SSSR count). The Morgan fingerprint density at radius 3 is 2.66 bits per heavy atom. The van der Waals surface area contributed by atoms with Crippen molar-refractivity contribution in [2.45, 2.75) is 45.8 Å². The molecule has 0 radical (unpaired) electrons. The molecule has 0 aliphatic carbocycles. The van der Waals surface area contributed by atoms with Gasteiger partial charge in [0, 0.05) is 39.1 Å². The summed E-state index contributed by atoms with van der Waals surface area (Å²) in [6, 6.07) is 7.49. The SMILES string of the molecule is CCOc1ccccc1N1CC(C(=O)NCCCN2CC(C)OC(C)C2)CC1=O. The first-order valence-corrected chi connectivity index (χ1v) is 10.7. The second kappa shape index (κ2) is 10.1. The molecule has 3 unspecified atom stereocenters. The summed E-state index contributed by atoms with van der Waals surface area (Å²) in [6.07, 6.45) is 1.64. The number of nitrogens with zero attached hydrogens (tertiary/aromatic N) is 2. The number of benzene rings is 1. The van der Waals surface area contributed by atoms with Crippen LogP contribution >= 0.6 is 0 Å². The Morgan fingerprint density at radius 1 is 1.21 bits per heavy atom. The highest BCUT2D eigenvalue weighted by Crippen LogP contribution is 2.33. The van der Waals surface area contributed by atoms with Crippen LogP contribution in [0.1, 0.15) is 33.6 Å². The molecule has 1 N–H and O–H groups in total. The maximum atomic E-state index is 12.6. The first kappa shape index (κ1) is 21.6. The van der Waals surface area contributed by atoms with E-state index in [4.69, 9.17) is 9.47 Å². The van der Waals surface area contributed by atoms with Crippen LogP contribution in [0.15, 0.2) is 24.3 Å². The third-order valence-corrected chi connectivity index (χ3v) is 5.40. The van der Waals surface area contributed by atoms with Crippen molar-refractivity contribution in [3.8, 4) is 5.75 Å². The molecule has 0 saturated carbocycles. The Balaban J connectivity index is 1.46. The summed E-state index contributed by atoms with van der Waals surface area (Å²) >= 11 is 0. The summed E-state index contributed by atoms with van der Waals surface area (Å²) in [4.78, 5) is 29.2. The van der Waals surface area contributed by atoms with Gasteiger partial charge in [-0.05, 0) is 39.3 Å². The summed E-state index contributed by atoms with van der Waals surface area (Å²) in [5.74, 6) is 0.283. The molecule has 29 heavy (non-hydrogen) atoms. The smallest absolute Gasteiger partial charge is 0.227 e. The Bertz CT molecular complexity index is 701. The molecule has 2 amide bonds. The molecule has 0 aromatic heterocycles. The predicted molar refractivity (Wildman–Crippen MR) is 112 cm³/mol. The van der Waals surface area contributed by atoms with Gasteiger partial charge in [-0.3, -0.25) is 14.5 Å². The lowest BCUT2D eigenvalue weighted by atomic mass is 10.1. The maximum Gasteiger partial charge on any atom is 0.227 e. The number of nitrogens with one attached hydrogen (secondary N) is 1. The van der Waals surface area contributed by atoms with E-state index in [2.05, 4.69) is 24.1 Å². The zero-order chi connectivity index (χ0) is 20.8. The molecule has 2 aliphatic heterocycles. The molecule has 1 aromatic rings. The minimum Gasteiger partial charge on any atom is -0.492 e. The summed E-state index contributed by atoms with van der Waals surface area (Å²) in [5.41, 5.74) is 0.741. The van der Waals surface area contributed by atoms with Crippen LogP contribution in [0.3, 0.4) is 0 Å². The summed E-state index contributed by atoms with van der Waals surface area (Å²) in [7, 11) is 0. The number of carbonyl (C=O) groups is 2. The normalized spacial score (nSPS) is 25.3. The second-order valence-electron chi connectivity index (χ2n) is 7.97. The minimum atomic E-state index is -0.319. The zero-order valence-corrected chi connectivity index (χ0v) is 17.7. The fourth-order valence-electron chi connectivity index (χ4n) is 4.20. The number of morpholine rings is 1. The summed E-state index contributed by atoms with van der Waals surface area (Å²) in [5, 5.41) is 3.01. The van der Waals surface area contributed by atoms with Gasteiger partial charge in [-0.1, -0.05) is 12.1 Å². The van der Waals surface area contributed by atoms with Crippen molar-refractivity contribution in [1.82, 2.24) is 10.2 Å². The first-order valence-electron chi connectivity index (χ1n) is 10.7. The van der Waals surface area contributed by atoms with Crippen LogP contribution < -0.4 is 15.0 Å². The molecule has 0 bridgehead atoms. The van der Waals surface area contributed by atoms with E-state index in [1.54, 1.807) is 4.90 Å². The van der Waals surface area contributed by atoms with Gasteiger partial charge in [0.1, 0.15) is 5.75 Å². The minimum absolute atomic E-state index is 0.0337. The van der Waals surface area contributed by atoms with E-state index in [9.17, 15) is 9.59 Å². The van der Waals surface area contributed by atoms with Gasteiger partial charge in [0.05, 0.1) is 30.4 Å². The molecule has 2 heterocycles. The third-order valence-electron chi connectivity index (χ3n) is 5.40. The van der Waals surface area contributed by atoms with Crippen molar-refractivity contribution in [2.75, 3.05) is 44.2 Å². The van der Waals surface area contributed by atoms with Crippen molar-refractivity contribution in [1.29, 1.82) is 0 Å². The number of hydrogen-bond donors (Lipinski definition) is 1. The van der Waals surface area contributed by atoms with E-state index in [0.717, 1.165) is 31.7 Å². The zero-order valence-electron chi connectivity index (χ0n) is 17.7. The molecule has 2 aliphatic rings. The molecule has 160 valence electrons. The van der Waals surface area contributed by atoms with Crippen molar-refractivity contribution < 1.29 is 19.1 Å². The van der Waals surface area contributed by atoms with E-state index in [0.29, 0.717) is 25.4 Å². The van der Waals surface area contributed by atoms with Crippen molar-refractivity contribution in [3.05, 3.63) is 24.3 Å². The number of para-hydroxylation sites is 2. The van der Waals surface area contributed by atoms with E-state index in [1.807, 2.05) is 31.2 Å². The van der Waals surface area contributed by atoms with Crippen LogP contribution in [0.4, 0.5) is 5.69 Å². The van der Waals surface area contributed by atoms with E-state index >= 15 is 0 Å². The van der Waals surface area contributed by atoms with E-state index in [1.165, 1.54) is 0 Å². The second-order valence-corrected chi connectivity index (χ2v) is 7.97. The highest BCUT2D eigenvalue weighted by atomic mass is 16.5. The largest absolute Gasteiger partial charge is 0.492 e. The molecule has 7 heteroatoms. The van der Waals surface area contributed by atoms with Crippen LogP contribution in [0, 0.1) is 5.92 Å². The molecule has 2 saturated heterocycles. The molecule has 7 nitrogen and oxygen atoms in total. The summed E-state index contributed by atoms with van der Waals surface area (Å²) < 4.78 is 11.4. The van der Waals surface area contributed by atoms with Gasteiger partial charge in [0.25, 0.3) is 0 Å². The number of rotatable bonds is 8. The lowest BCUT2D eigenvalue weighted by Crippen LogP contribution is -2.46. The molecule has 3 atom stereocenters. The predicted octanol–water partition coefficient (Wildman–Crippen LogP) is 2.05. The first-order chi connectivity index (χ1) is 14.0. The summed E-state index contributed by atoms with van der Waals surface area (Å²) in [6.45, 7) is 10.5. The highest BCUT2D eigenvalue weighted by Gasteiger charge is 2.36. The fraction of sp³-hybridized carbons (Fsp3) is 0.636. The molecule has 0 spiro atoms. The highest BCUT2D eigenvalue weighted by molar-refractivity contribution is 6.01. The van der Waals surface area contributed by atoms with Gasteiger partial charge < -0.3 is 19.7 Å². The van der Waals surface area contributed by atoms with Crippen LogP contribution in [0.5, 0.6) is 5.75 Å². The molecular formula is C22H33N3O4. The van der Waals surface area contributed by atoms with Gasteiger partial charge in [-0.15, -0.1) is 0 Å². The average Bonchev–Trinajstić information content (AvgIpc) is 3.07. The maximum absolute atomic E-state index is 12.6. The Morgan fingerprint density at radius 2 is 1.93 bits per heavy atom. The number of ether oxygens (including phenoxy) is 2. The van der Waals surface area contributed by atoms with Gasteiger partial charge in [0.2, 0.25) is 11.8 Å². The lowest BCUT2D eigenvalue weighted by Gasteiger charge is -2.35. The quantitative estimate of drug-likeness (QED) is 0.673. The Labute approximate surface area is 173 Å². The number of carbonyl (C=O) groups excluding carboxylic acids is 2. The Kier molecular flexibility index (Phi) is 7.50. The standard InChI is InChI=1S/C22H33N3O4/c1-4-28-20-9-6-5-8-19(20)25-15-18(12-21(25)26)22(27)23-10-7-11-24-13-16(2)29-17(3)14-24/h5-6,8-9,16-18H,4,7,10-15H2,1-3H3,(H,23,27). The topological polar surface area (TPSA) is 71.1 Å². The fourth-order valence-corrected chi connectivity index (χ4v) is 4.20. The van der Waals surface area contributed by atoms with Gasteiger partial charge >= 0.3 is 0 Å². The number of hydrogen-bond acceptors (Lipinski definition) is 5. The number of amides is 2. The monoisotopic (exact) mass is 403 g/mol. The van der Waals surface area contributed by atoms with Crippen molar-refractivity contribution in [3.63, 3.8) is 0 Å². The van der Waals surface area contributed by atoms with E-state index in [-0.39, 0.29) is 36.4 Å². The molecular weight excluding hydrogens is 370 g/mol. The van der Waals surface area contributed by atoms with Crippen LogP contribution in [0.2, 0.25) is 0 Å². The van der Waals surface area contributed by atoms with Crippen LogP contribution in [-0.4, -0.2) is 68.3 Å². The van der Waals surface area contributed by atoms with E-state index < -0.39 is 0 Å². The van der Waals surface area contributed by atoms with Crippen molar-refractivity contribution in [2.24, 2.45) is 5.92 Å². The lowest BCUT2D eigenvalue weighted by molar-refractivity contribution is -0.126. The van der Waals surface area contributed by atoms with Gasteiger partial charge in [-0.2, -0.15) is 0 Å². The van der Waals surface area contributed by atoms with Gasteiger partial charge in [0.15, 0.2) is 0 Å². The number of anilines is 1. The van der Waals surface area contributed by atoms with Crippen molar-refractivity contribution >= 4 is 17.5 Å². The van der Waals surface area contributed by atoms with Gasteiger partial charge in [-0.25, -0.2) is 0 Å². The molecule has 1 aromatic carbocycles. The Hall–Kier alpha value is -2.12. The van der Waals surface area contributed by atoms with Crippen LogP contribution in [0.25, 0.3) is 0 Å².